The molecule has 42 heavy (non-hydrogen) atoms. The van der Waals surface area contributed by atoms with Gasteiger partial charge in [0.15, 0.2) is 0 Å². The van der Waals surface area contributed by atoms with E-state index in [9.17, 15) is 18.3 Å². The van der Waals surface area contributed by atoms with Crippen LogP contribution in [0.4, 0.5) is 24.5 Å². The summed E-state index contributed by atoms with van der Waals surface area (Å²) < 4.78 is 52.9. The number of ether oxygens (including phenoxy) is 2. The number of aliphatic hydroxyl groups excluding tert-OH is 1. The van der Waals surface area contributed by atoms with Crippen molar-refractivity contribution in [1.29, 1.82) is 0 Å². The number of aliphatic hydroxyl groups is 1. The van der Waals surface area contributed by atoms with E-state index in [1.165, 1.54) is 4.57 Å². The van der Waals surface area contributed by atoms with E-state index in [4.69, 9.17) is 9.47 Å². The van der Waals surface area contributed by atoms with Crippen LogP contribution < -0.4 is 15.4 Å². The van der Waals surface area contributed by atoms with Crippen LogP contribution in [-0.4, -0.2) is 86.2 Å². The number of methoxy groups -OCH3 is 2. The van der Waals surface area contributed by atoms with Crippen molar-refractivity contribution >= 4 is 34.0 Å². The normalized spacial score (nSPS) is 15.3. The van der Waals surface area contributed by atoms with Crippen molar-refractivity contribution < 1.29 is 27.8 Å². The number of nitrogens with zero attached hydrogens (tertiary/aromatic N) is 2. The first-order valence-electron chi connectivity index (χ1n) is 13.9. The first-order chi connectivity index (χ1) is 20.1. The highest BCUT2D eigenvalue weighted by Crippen LogP contribution is 2.35. The van der Waals surface area contributed by atoms with Gasteiger partial charge < -0.3 is 34.7 Å². The molecule has 0 radical (unpaired) electrons. The minimum atomic E-state index is -4.40. The quantitative estimate of drug-likeness (QED) is 0.195. The summed E-state index contributed by atoms with van der Waals surface area (Å²) in [5.41, 5.74) is 3.14. The van der Waals surface area contributed by atoms with Gasteiger partial charge in [0.2, 0.25) is 0 Å². The molecule has 3 aromatic rings. The number of hydrogen-bond acceptors (Lipinski definition) is 7. The van der Waals surface area contributed by atoms with E-state index in [1.54, 1.807) is 38.1 Å². The van der Waals surface area contributed by atoms with E-state index in [1.807, 2.05) is 37.4 Å². The van der Waals surface area contributed by atoms with Crippen molar-refractivity contribution in [3.63, 3.8) is 0 Å². The number of nitrogens with one attached hydrogen (secondary N) is 2. The van der Waals surface area contributed by atoms with Crippen molar-refractivity contribution in [3.05, 3.63) is 47.7 Å². The molecule has 1 saturated heterocycles. The predicted octanol–water partition coefficient (Wildman–Crippen LogP) is 5.59. The Kier molecular flexibility index (Phi) is 11.0. The molecule has 0 bridgehead atoms. The average Bonchev–Trinajstić information content (AvgIpc) is 3.22. The number of anilines is 2. The number of β-amino-alcohol motifs (C(OH)–C–C–N with tert-alkyl or cyclic N) is 1. The van der Waals surface area contributed by atoms with E-state index in [2.05, 4.69) is 27.4 Å². The van der Waals surface area contributed by atoms with Crippen LogP contribution in [-0.2, 0) is 11.3 Å². The molecular formula is C31H39F3N4O3S. The van der Waals surface area contributed by atoms with E-state index < -0.39 is 18.8 Å². The highest BCUT2D eigenvalue weighted by molar-refractivity contribution is 7.98. The molecule has 2 heterocycles. The molecule has 1 atom stereocenters. The number of piperidine rings is 1. The highest BCUT2D eigenvalue weighted by atomic mass is 32.2. The van der Waals surface area contributed by atoms with E-state index in [0.717, 1.165) is 47.6 Å². The van der Waals surface area contributed by atoms with Gasteiger partial charge in [-0.15, -0.1) is 11.8 Å². The van der Waals surface area contributed by atoms with Crippen LogP contribution in [0.2, 0.25) is 0 Å². The maximum absolute atomic E-state index is 13.7. The van der Waals surface area contributed by atoms with Crippen LogP contribution in [0.15, 0.2) is 41.3 Å². The molecule has 0 aliphatic carbocycles. The monoisotopic (exact) mass is 604 g/mol. The predicted molar refractivity (Wildman–Crippen MR) is 164 cm³/mol. The molecule has 0 saturated carbocycles. The summed E-state index contributed by atoms with van der Waals surface area (Å²) in [4.78, 5) is 3.27. The van der Waals surface area contributed by atoms with Crippen molar-refractivity contribution in [2.75, 3.05) is 63.9 Å². The Labute approximate surface area is 249 Å². The topological polar surface area (TPSA) is 70.9 Å². The molecule has 1 aliphatic heterocycles. The van der Waals surface area contributed by atoms with Crippen LogP contribution in [0, 0.1) is 18.8 Å². The maximum Gasteiger partial charge on any atom is 0.406 e. The lowest BCUT2D eigenvalue weighted by Crippen LogP contribution is -2.43. The Morgan fingerprint density at radius 1 is 1.14 bits per heavy atom. The van der Waals surface area contributed by atoms with Gasteiger partial charge in [0.05, 0.1) is 43.3 Å². The van der Waals surface area contributed by atoms with E-state index in [-0.39, 0.29) is 12.6 Å². The first kappa shape index (κ1) is 31.9. The number of thioether (sulfide) groups is 1. The third kappa shape index (κ3) is 8.07. The van der Waals surface area contributed by atoms with E-state index in [0.29, 0.717) is 35.7 Å². The second kappa shape index (κ2) is 14.4. The number of hydrogen-bond donors (Lipinski definition) is 3. The van der Waals surface area contributed by atoms with E-state index >= 15 is 0 Å². The van der Waals surface area contributed by atoms with Crippen molar-refractivity contribution in [2.24, 2.45) is 0 Å². The fraction of sp³-hybridized carbons (Fsp3) is 0.484. The van der Waals surface area contributed by atoms with Gasteiger partial charge in [-0.2, -0.15) is 13.2 Å². The zero-order chi connectivity index (χ0) is 30.3. The van der Waals surface area contributed by atoms with Gasteiger partial charge in [-0.25, -0.2) is 0 Å². The van der Waals surface area contributed by atoms with Gasteiger partial charge in [0, 0.05) is 48.8 Å². The number of likely N-dealkylation sites (tertiary alicyclic amines) is 1. The van der Waals surface area contributed by atoms with Gasteiger partial charge in [-0.1, -0.05) is 12.0 Å². The molecule has 0 amide bonds. The lowest BCUT2D eigenvalue weighted by molar-refractivity contribution is -0.140. The molecule has 228 valence electrons. The number of benzene rings is 2. The van der Waals surface area contributed by atoms with Crippen LogP contribution in [0.1, 0.15) is 24.1 Å². The van der Waals surface area contributed by atoms with Gasteiger partial charge in [0.1, 0.15) is 12.3 Å². The lowest BCUT2D eigenvalue weighted by Gasteiger charge is -2.34. The molecule has 1 aromatic heterocycles. The number of aromatic nitrogens is 1. The largest absolute Gasteiger partial charge is 0.495 e. The number of aryl methyl sites for hydroxylation is 1. The van der Waals surface area contributed by atoms with Gasteiger partial charge in [-0.05, 0) is 67.8 Å². The number of alkyl halides is 3. The molecule has 4 rings (SSSR count). The minimum Gasteiger partial charge on any atom is -0.495 e. The number of fused-ring (bicyclic) bond motifs is 1. The van der Waals surface area contributed by atoms with Gasteiger partial charge >= 0.3 is 6.18 Å². The molecular weight excluding hydrogens is 565 g/mol. The van der Waals surface area contributed by atoms with Crippen LogP contribution in [0.25, 0.3) is 10.9 Å². The Morgan fingerprint density at radius 2 is 1.90 bits per heavy atom. The van der Waals surface area contributed by atoms with Crippen LogP contribution >= 0.6 is 11.8 Å². The maximum atomic E-state index is 13.7. The second-order valence-corrected chi connectivity index (χ2v) is 11.3. The summed E-state index contributed by atoms with van der Waals surface area (Å²) in [7, 11) is 3.17. The SMILES string of the molecule is COCC(O)CN1CCC(Nc2cccc3c2c(C)c(C#CCNc2ccc(SC)cc2OC)n3CC(F)(F)F)CC1. The van der Waals surface area contributed by atoms with Gasteiger partial charge in [-0.3, -0.25) is 0 Å². The standard InChI is InChI=1S/C31H39F3N4O3S/c1-21-27(9-6-14-35-25-11-10-24(42-4)17-29(25)41-3)38(20-31(32,33)34)28-8-5-7-26(30(21)28)36-22-12-15-37(16-13-22)18-23(39)19-40-2/h5,7-8,10-11,17,22-23,35-36,39H,12-16,18-20H2,1-4H3. The molecule has 3 N–H and O–H groups in total. The highest BCUT2D eigenvalue weighted by Gasteiger charge is 2.31. The summed E-state index contributed by atoms with van der Waals surface area (Å²) in [5, 5.41) is 17.6. The molecule has 0 spiro atoms. The Balaban J connectivity index is 1.55. The number of halogens is 3. The van der Waals surface area contributed by atoms with Crippen LogP contribution in [0.5, 0.6) is 5.75 Å². The summed E-state index contributed by atoms with van der Waals surface area (Å²) in [6.07, 6.45) is -1.22. The molecule has 1 unspecified atom stereocenters. The third-order valence-corrected chi connectivity index (χ3v) is 8.15. The van der Waals surface area contributed by atoms with Crippen LogP contribution in [0.3, 0.4) is 0 Å². The Bertz CT molecular complexity index is 1410. The molecule has 1 fully saturated rings. The third-order valence-electron chi connectivity index (χ3n) is 7.43. The zero-order valence-corrected chi connectivity index (χ0v) is 25.3. The molecule has 2 aromatic carbocycles. The molecule has 1 aliphatic rings. The Hall–Kier alpha value is -3.04. The summed E-state index contributed by atoms with van der Waals surface area (Å²) in [6, 6.07) is 11.4. The molecule has 7 nitrogen and oxygen atoms in total. The summed E-state index contributed by atoms with van der Waals surface area (Å²) in [6.45, 7) is 3.45. The smallest absolute Gasteiger partial charge is 0.406 e. The van der Waals surface area contributed by atoms with Gasteiger partial charge in [0.25, 0.3) is 0 Å². The fourth-order valence-electron chi connectivity index (χ4n) is 5.46. The fourth-order valence-corrected chi connectivity index (χ4v) is 5.89. The minimum absolute atomic E-state index is 0.169. The average molecular weight is 605 g/mol. The van der Waals surface area contributed by atoms with Crippen molar-refractivity contribution in [2.45, 2.75) is 49.5 Å². The summed E-state index contributed by atoms with van der Waals surface area (Å²) in [5.74, 6) is 6.73. The summed E-state index contributed by atoms with van der Waals surface area (Å²) >= 11 is 1.61. The Morgan fingerprint density at radius 3 is 2.57 bits per heavy atom. The van der Waals surface area contributed by atoms with Crippen molar-refractivity contribution in [1.82, 2.24) is 9.47 Å². The molecule has 11 heteroatoms. The number of rotatable bonds is 11. The van der Waals surface area contributed by atoms with Crippen molar-refractivity contribution in [3.8, 4) is 17.6 Å². The second-order valence-electron chi connectivity index (χ2n) is 10.4. The lowest BCUT2D eigenvalue weighted by atomic mass is 10.0. The first-order valence-corrected chi connectivity index (χ1v) is 15.1. The zero-order valence-electron chi connectivity index (χ0n) is 24.5.